The summed E-state index contributed by atoms with van der Waals surface area (Å²) >= 11 is 0. The van der Waals surface area contributed by atoms with Crippen LogP contribution in [0.4, 0.5) is 0 Å². The Morgan fingerprint density at radius 3 is 2.20 bits per heavy atom. The van der Waals surface area contributed by atoms with Crippen molar-refractivity contribution in [2.45, 2.75) is 38.6 Å². The van der Waals surface area contributed by atoms with Gasteiger partial charge in [-0.2, -0.15) is 0 Å². The highest BCUT2D eigenvalue weighted by molar-refractivity contribution is 5.85. The molecule has 0 spiro atoms. The van der Waals surface area contributed by atoms with Gasteiger partial charge in [-0.05, 0) is 39.2 Å². The molecule has 1 N–H and O–H groups in total. The summed E-state index contributed by atoms with van der Waals surface area (Å²) in [6.07, 6.45) is 4.19. The van der Waals surface area contributed by atoms with E-state index in [1.54, 1.807) is 0 Å². The van der Waals surface area contributed by atoms with Gasteiger partial charge in [0.1, 0.15) is 0 Å². The van der Waals surface area contributed by atoms with Crippen molar-refractivity contribution in [1.82, 2.24) is 20.0 Å². The Hall–Kier alpha value is -0.560. The molecule has 0 radical (unpaired) electrons. The second-order valence-corrected chi connectivity index (χ2v) is 7.27. The van der Waals surface area contributed by atoms with E-state index in [0.717, 1.165) is 71.5 Å². The number of hydrogen-bond donors (Lipinski definition) is 1. The lowest BCUT2D eigenvalue weighted by Crippen LogP contribution is -2.53. The van der Waals surface area contributed by atoms with Gasteiger partial charge in [0.15, 0.2) is 0 Å². The van der Waals surface area contributed by atoms with Crippen LogP contribution in [0.2, 0.25) is 0 Å². The lowest BCUT2D eigenvalue weighted by atomic mass is 9.92. The van der Waals surface area contributed by atoms with Crippen molar-refractivity contribution in [3.8, 4) is 0 Å². The highest BCUT2D eigenvalue weighted by Gasteiger charge is 2.31. The maximum absolute atomic E-state index is 12.6. The average Bonchev–Trinajstić information content (AvgIpc) is 3.09. The Labute approximate surface area is 163 Å². The number of rotatable bonds is 3. The van der Waals surface area contributed by atoms with Gasteiger partial charge in [-0.1, -0.05) is 0 Å². The van der Waals surface area contributed by atoms with Crippen molar-refractivity contribution in [1.29, 1.82) is 0 Å². The molecule has 3 fully saturated rings. The molecule has 3 heterocycles. The number of nitrogens with one attached hydrogen (secondary N) is 1. The van der Waals surface area contributed by atoms with E-state index in [4.69, 9.17) is 0 Å². The fraction of sp³-hybridized carbons (Fsp3) is 0.882. The molecule has 0 aromatic carbocycles. The van der Waals surface area contributed by atoms with Gasteiger partial charge in [-0.3, -0.25) is 14.5 Å². The summed E-state index contributed by atoms with van der Waals surface area (Å²) in [4.78, 5) is 31.0. The van der Waals surface area contributed by atoms with Gasteiger partial charge in [0, 0.05) is 51.2 Å². The SMILES string of the molecule is C[C@H]1C[C@@H](C(=O)N2CCN(CC(=O)N3CCCC3)CC2)CCN1.Cl.Cl. The molecule has 0 unspecified atom stereocenters. The zero-order chi connectivity index (χ0) is 16.2. The normalized spacial score (nSPS) is 27.4. The zero-order valence-corrected chi connectivity index (χ0v) is 16.7. The molecule has 3 rings (SSSR count). The summed E-state index contributed by atoms with van der Waals surface area (Å²) in [5.41, 5.74) is 0. The number of hydrogen-bond acceptors (Lipinski definition) is 4. The Bertz CT molecular complexity index is 438. The first-order valence-electron chi connectivity index (χ1n) is 9.16. The topological polar surface area (TPSA) is 55.9 Å². The van der Waals surface area contributed by atoms with Crippen molar-refractivity contribution >= 4 is 36.6 Å². The quantitative estimate of drug-likeness (QED) is 0.774. The third-order valence-electron chi connectivity index (χ3n) is 5.47. The number of amides is 2. The zero-order valence-electron chi connectivity index (χ0n) is 15.1. The van der Waals surface area contributed by atoms with Crippen LogP contribution in [0.25, 0.3) is 0 Å². The molecular weight excluding hydrogens is 363 g/mol. The number of piperidine rings is 1. The van der Waals surface area contributed by atoms with E-state index in [0.29, 0.717) is 18.5 Å². The molecule has 0 saturated carbocycles. The van der Waals surface area contributed by atoms with Gasteiger partial charge < -0.3 is 15.1 Å². The monoisotopic (exact) mass is 394 g/mol. The Morgan fingerprint density at radius 2 is 1.60 bits per heavy atom. The molecule has 2 amide bonds. The maximum Gasteiger partial charge on any atom is 0.236 e. The molecule has 2 atom stereocenters. The third kappa shape index (κ3) is 5.98. The molecule has 8 heteroatoms. The van der Waals surface area contributed by atoms with E-state index >= 15 is 0 Å². The van der Waals surface area contributed by atoms with E-state index in [1.807, 2.05) is 9.80 Å². The van der Waals surface area contributed by atoms with Gasteiger partial charge in [0.05, 0.1) is 6.54 Å². The second kappa shape index (κ2) is 10.6. The summed E-state index contributed by atoms with van der Waals surface area (Å²) in [6.45, 7) is 8.65. The van der Waals surface area contributed by atoms with Crippen molar-refractivity contribution in [3.63, 3.8) is 0 Å². The molecule has 0 aromatic rings. The third-order valence-corrected chi connectivity index (χ3v) is 5.47. The van der Waals surface area contributed by atoms with Crippen LogP contribution in [0, 0.1) is 5.92 Å². The average molecular weight is 395 g/mol. The first kappa shape index (κ1) is 22.5. The van der Waals surface area contributed by atoms with E-state index < -0.39 is 0 Å². The molecule has 3 saturated heterocycles. The van der Waals surface area contributed by atoms with Crippen LogP contribution >= 0.6 is 24.8 Å². The Balaban J connectivity index is 0.00000156. The summed E-state index contributed by atoms with van der Waals surface area (Å²) in [5, 5.41) is 3.40. The van der Waals surface area contributed by atoms with E-state index in [9.17, 15) is 9.59 Å². The lowest BCUT2D eigenvalue weighted by molar-refractivity contribution is -0.139. The van der Waals surface area contributed by atoms with Crippen LogP contribution < -0.4 is 5.32 Å². The van der Waals surface area contributed by atoms with Crippen LogP contribution in [-0.2, 0) is 9.59 Å². The lowest BCUT2D eigenvalue weighted by Gasteiger charge is -2.38. The van der Waals surface area contributed by atoms with Gasteiger partial charge >= 0.3 is 0 Å². The molecule has 0 aliphatic carbocycles. The van der Waals surface area contributed by atoms with Gasteiger partial charge in [0.2, 0.25) is 11.8 Å². The fourth-order valence-electron chi connectivity index (χ4n) is 4.00. The number of likely N-dealkylation sites (tertiary alicyclic amines) is 1. The number of carbonyl (C=O) groups excluding carboxylic acids is 2. The molecule has 3 aliphatic rings. The van der Waals surface area contributed by atoms with Gasteiger partial charge in [0.25, 0.3) is 0 Å². The standard InChI is InChI=1S/C17H30N4O2.2ClH/c1-14-12-15(4-5-18-14)17(23)21-10-8-19(9-11-21)13-16(22)20-6-2-3-7-20;;/h14-15,18H,2-13H2,1H3;2*1H/t14-,15-;;/m0../s1. The minimum absolute atomic E-state index is 0. The maximum atomic E-state index is 12.6. The van der Waals surface area contributed by atoms with Crippen LogP contribution in [0.5, 0.6) is 0 Å². The minimum atomic E-state index is 0. The van der Waals surface area contributed by atoms with Gasteiger partial charge in [-0.25, -0.2) is 0 Å². The smallest absolute Gasteiger partial charge is 0.236 e. The van der Waals surface area contributed by atoms with Crippen molar-refractivity contribution < 1.29 is 9.59 Å². The molecule has 0 bridgehead atoms. The van der Waals surface area contributed by atoms with Crippen molar-refractivity contribution in [2.75, 3.05) is 52.4 Å². The van der Waals surface area contributed by atoms with E-state index in [-0.39, 0.29) is 36.6 Å². The summed E-state index contributed by atoms with van der Waals surface area (Å²) in [5.74, 6) is 0.766. The molecule has 6 nitrogen and oxygen atoms in total. The summed E-state index contributed by atoms with van der Waals surface area (Å²) in [6, 6.07) is 0.442. The predicted octanol–water partition coefficient (Wildman–Crippen LogP) is 0.985. The summed E-state index contributed by atoms with van der Waals surface area (Å²) < 4.78 is 0. The largest absolute Gasteiger partial charge is 0.342 e. The van der Waals surface area contributed by atoms with E-state index in [1.165, 1.54) is 0 Å². The van der Waals surface area contributed by atoms with Crippen LogP contribution in [0.15, 0.2) is 0 Å². The number of carbonyl (C=O) groups is 2. The van der Waals surface area contributed by atoms with Crippen LogP contribution in [0.1, 0.15) is 32.6 Å². The number of nitrogens with zero attached hydrogens (tertiary/aromatic N) is 3. The minimum Gasteiger partial charge on any atom is -0.342 e. The number of halogens is 2. The molecular formula is C17H32Cl2N4O2. The van der Waals surface area contributed by atoms with Crippen LogP contribution in [-0.4, -0.2) is 84.9 Å². The van der Waals surface area contributed by atoms with Gasteiger partial charge in [-0.15, -0.1) is 24.8 Å². The van der Waals surface area contributed by atoms with Crippen LogP contribution in [0.3, 0.4) is 0 Å². The predicted molar refractivity (Wildman–Crippen MR) is 104 cm³/mol. The second-order valence-electron chi connectivity index (χ2n) is 7.27. The number of piperazine rings is 1. The first-order chi connectivity index (χ1) is 11.1. The fourth-order valence-corrected chi connectivity index (χ4v) is 4.00. The summed E-state index contributed by atoms with van der Waals surface area (Å²) in [7, 11) is 0. The molecule has 0 aromatic heterocycles. The first-order valence-corrected chi connectivity index (χ1v) is 9.16. The Kier molecular flexibility index (Phi) is 9.49. The highest BCUT2D eigenvalue weighted by atomic mass is 35.5. The van der Waals surface area contributed by atoms with Crippen molar-refractivity contribution in [3.05, 3.63) is 0 Å². The highest BCUT2D eigenvalue weighted by Crippen LogP contribution is 2.20. The molecule has 25 heavy (non-hydrogen) atoms. The molecule has 146 valence electrons. The Morgan fingerprint density at radius 1 is 0.960 bits per heavy atom. The van der Waals surface area contributed by atoms with Crippen molar-refractivity contribution in [2.24, 2.45) is 5.92 Å². The van der Waals surface area contributed by atoms with E-state index in [2.05, 4.69) is 17.1 Å². The molecule has 3 aliphatic heterocycles.